The molecule has 0 atom stereocenters. The number of furan rings is 1. The normalized spacial score (nSPS) is 11.1. The van der Waals surface area contributed by atoms with Crippen LogP contribution in [0.25, 0.3) is 22.2 Å². The smallest absolute Gasteiger partial charge is 0.287 e. The number of aryl methyl sites for hydroxylation is 2. The summed E-state index contributed by atoms with van der Waals surface area (Å²) in [4.78, 5) is 17.1. The fourth-order valence-electron chi connectivity index (χ4n) is 2.93. The van der Waals surface area contributed by atoms with Gasteiger partial charge < -0.3 is 9.73 Å². The molecule has 0 unspecified atom stereocenters. The van der Waals surface area contributed by atoms with Gasteiger partial charge in [-0.2, -0.15) is 0 Å². The minimum absolute atomic E-state index is 0.232. The second-order valence-corrected chi connectivity index (χ2v) is 7.75. The van der Waals surface area contributed by atoms with Crippen molar-refractivity contribution in [1.82, 2.24) is 10.3 Å². The molecule has 0 fully saturated rings. The zero-order valence-corrected chi connectivity index (χ0v) is 16.4. The lowest BCUT2D eigenvalue weighted by Crippen LogP contribution is -2.22. The second-order valence-electron chi connectivity index (χ2n) is 6.37. The molecule has 1 amide bonds. The maximum atomic E-state index is 12.6. The SMILES string of the molecule is Cc1ccc2oc(C(=O)NCc3nc(-c4ccc(Cl)cc4)cs3)c(C)c2c1. The Bertz CT molecular complexity index is 1130. The van der Waals surface area contributed by atoms with Crippen molar-refractivity contribution in [3.8, 4) is 11.3 Å². The van der Waals surface area contributed by atoms with Crippen LogP contribution in [0.1, 0.15) is 26.7 Å². The van der Waals surface area contributed by atoms with Crippen LogP contribution in [0.2, 0.25) is 5.02 Å². The maximum absolute atomic E-state index is 12.6. The number of hydrogen-bond acceptors (Lipinski definition) is 4. The number of amides is 1. The van der Waals surface area contributed by atoms with Gasteiger partial charge in [-0.05, 0) is 38.1 Å². The summed E-state index contributed by atoms with van der Waals surface area (Å²) in [5.74, 6) is 0.120. The standard InChI is InChI=1S/C21H17ClN2O2S/c1-12-3-8-18-16(9-12)13(2)20(26-18)21(25)23-10-19-24-17(11-27-19)14-4-6-15(22)7-5-14/h3-9,11H,10H2,1-2H3,(H,23,25). The molecule has 136 valence electrons. The van der Waals surface area contributed by atoms with Gasteiger partial charge in [-0.1, -0.05) is 35.4 Å². The first-order valence-electron chi connectivity index (χ1n) is 8.49. The highest BCUT2D eigenvalue weighted by atomic mass is 35.5. The highest BCUT2D eigenvalue weighted by molar-refractivity contribution is 7.09. The number of nitrogens with zero attached hydrogens (tertiary/aromatic N) is 1. The molecule has 0 spiro atoms. The Hall–Kier alpha value is -2.63. The van der Waals surface area contributed by atoms with E-state index >= 15 is 0 Å². The molecular formula is C21H17ClN2O2S. The van der Waals surface area contributed by atoms with Gasteiger partial charge in [-0.15, -0.1) is 11.3 Å². The first-order valence-corrected chi connectivity index (χ1v) is 9.75. The number of halogens is 1. The fraction of sp³-hybridized carbons (Fsp3) is 0.143. The highest BCUT2D eigenvalue weighted by Crippen LogP contribution is 2.27. The second kappa shape index (κ2) is 7.18. The van der Waals surface area contributed by atoms with Crippen molar-refractivity contribution in [2.24, 2.45) is 0 Å². The monoisotopic (exact) mass is 396 g/mol. The van der Waals surface area contributed by atoms with Gasteiger partial charge in [0.25, 0.3) is 5.91 Å². The topological polar surface area (TPSA) is 55.1 Å². The number of hydrogen-bond donors (Lipinski definition) is 1. The van der Waals surface area contributed by atoms with E-state index in [0.29, 0.717) is 17.3 Å². The number of nitrogens with one attached hydrogen (secondary N) is 1. The Morgan fingerprint density at radius 2 is 1.96 bits per heavy atom. The van der Waals surface area contributed by atoms with Crippen LogP contribution >= 0.6 is 22.9 Å². The van der Waals surface area contributed by atoms with Crippen LogP contribution in [0.4, 0.5) is 0 Å². The molecule has 1 N–H and O–H groups in total. The van der Waals surface area contributed by atoms with Gasteiger partial charge in [0.15, 0.2) is 5.76 Å². The van der Waals surface area contributed by atoms with E-state index in [0.717, 1.165) is 38.4 Å². The number of carbonyl (C=O) groups is 1. The number of carbonyl (C=O) groups excluding carboxylic acids is 1. The number of thiazole rings is 1. The first kappa shape index (κ1) is 17.8. The Morgan fingerprint density at radius 3 is 2.74 bits per heavy atom. The van der Waals surface area contributed by atoms with E-state index in [1.165, 1.54) is 11.3 Å². The van der Waals surface area contributed by atoms with Crippen LogP contribution in [0.5, 0.6) is 0 Å². The molecule has 4 nitrogen and oxygen atoms in total. The van der Waals surface area contributed by atoms with E-state index in [2.05, 4.69) is 10.3 Å². The minimum Gasteiger partial charge on any atom is -0.451 e. The molecule has 2 aromatic heterocycles. The number of benzene rings is 2. The van der Waals surface area contributed by atoms with Crippen molar-refractivity contribution in [3.05, 3.63) is 74.8 Å². The van der Waals surface area contributed by atoms with Gasteiger partial charge in [0.05, 0.1) is 12.2 Å². The Balaban J connectivity index is 1.48. The zero-order valence-electron chi connectivity index (χ0n) is 14.9. The van der Waals surface area contributed by atoms with Gasteiger partial charge in [0, 0.05) is 26.9 Å². The summed E-state index contributed by atoms with van der Waals surface area (Å²) in [6.07, 6.45) is 0. The van der Waals surface area contributed by atoms with E-state index < -0.39 is 0 Å². The molecular weight excluding hydrogens is 380 g/mol. The number of aromatic nitrogens is 1. The summed E-state index contributed by atoms with van der Waals surface area (Å²) < 4.78 is 5.75. The van der Waals surface area contributed by atoms with E-state index in [1.54, 1.807) is 0 Å². The van der Waals surface area contributed by atoms with Crippen molar-refractivity contribution in [1.29, 1.82) is 0 Å². The average molecular weight is 397 g/mol. The molecule has 6 heteroatoms. The molecule has 2 aromatic carbocycles. The van der Waals surface area contributed by atoms with Crippen molar-refractivity contribution in [2.75, 3.05) is 0 Å². The van der Waals surface area contributed by atoms with Gasteiger partial charge in [-0.25, -0.2) is 4.98 Å². The third-order valence-electron chi connectivity index (χ3n) is 4.39. The van der Waals surface area contributed by atoms with Crippen LogP contribution < -0.4 is 5.32 Å². The first-order chi connectivity index (χ1) is 13.0. The minimum atomic E-state index is -0.232. The lowest BCUT2D eigenvalue weighted by Gasteiger charge is -2.01. The molecule has 27 heavy (non-hydrogen) atoms. The molecule has 0 radical (unpaired) electrons. The molecule has 0 bridgehead atoms. The third kappa shape index (κ3) is 3.61. The van der Waals surface area contributed by atoms with E-state index in [4.69, 9.17) is 16.0 Å². The largest absolute Gasteiger partial charge is 0.451 e. The molecule has 0 aliphatic carbocycles. The molecule has 2 heterocycles. The van der Waals surface area contributed by atoms with E-state index in [1.807, 2.05) is 61.7 Å². The third-order valence-corrected chi connectivity index (χ3v) is 5.49. The Labute approximate surface area is 165 Å². The Morgan fingerprint density at radius 1 is 1.19 bits per heavy atom. The average Bonchev–Trinajstić information content (AvgIpc) is 3.26. The summed E-state index contributed by atoms with van der Waals surface area (Å²) in [6, 6.07) is 13.4. The highest BCUT2D eigenvalue weighted by Gasteiger charge is 2.18. The van der Waals surface area contributed by atoms with Crippen molar-refractivity contribution in [2.45, 2.75) is 20.4 Å². The van der Waals surface area contributed by atoms with Gasteiger partial charge in [0.2, 0.25) is 0 Å². The predicted molar refractivity (Wildman–Crippen MR) is 109 cm³/mol. The lowest BCUT2D eigenvalue weighted by molar-refractivity contribution is 0.0924. The Kier molecular flexibility index (Phi) is 4.72. The van der Waals surface area contributed by atoms with E-state index in [-0.39, 0.29) is 5.91 Å². The summed E-state index contributed by atoms with van der Waals surface area (Å²) in [7, 11) is 0. The molecule has 0 aliphatic rings. The summed E-state index contributed by atoms with van der Waals surface area (Å²) in [5.41, 5.74) is 4.58. The van der Waals surface area contributed by atoms with E-state index in [9.17, 15) is 4.79 Å². The van der Waals surface area contributed by atoms with Crippen LogP contribution in [-0.4, -0.2) is 10.9 Å². The van der Waals surface area contributed by atoms with Crippen molar-refractivity contribution >= 4 is 39.8 Å². The summed E-state index contributed by atoms with van der Waals surface area (Å²) in [5, 5.41) is 7.37. The van der Waals surface area contributed by atoms with Gasteiger partial charge in [0.1, 0.15) is 10.6 Å². The summed E-state index contributed by atoms with van der Waals surface area (Å²) >= 11 is 7.43. The quantitative estimate of drug-likeness (QED) is 0.477. The van der Waals surface area contributed by atoms with Crippen LogP contribution in [-0.2, 0) is 6.54 Å². The van der Waals surface area contributed by atoms with Crippen LogP contribution in [0.3, 0.4) is 0 Å². The maximum Gasteiger partial charge on any atom is 0.287 e. The summed E-state index contributed by atoms with van der Waals surface area (Å²) in [6.45, 7) is 4.28. The van der Waals surface area contributed by atoms with Crippen molar-refractivity contribution < 1.29 is 9.21 Å². The predicted octanol–water partition coefficient (Wildman–Crippen LogP) is 5.76. The zero-order chi connectivity index (χ0) is 19.0. The lowest BCUT2D eigenvalue weighted by atomic mass is 10.1. The molecule has 0 aliphatic heterocycles. The van der Waals surface area contributed by atoms with Gasteiger partial charge in [-0.3, -0.25) is 4.79 Å². The van der Waals surface area contributed by atoms with Crippen LogP contribution in [0, 0.1) is 13.8 Å². The molecule has 0 saturated carbocycles. The molecule has 4 rings (SSSR count). The fourth-order valence-corrected chi connectivity index (χ4v) is 3.80. The van der Waals surface area contributed by atoms with Crippen LogP contribution in [0.15, 0.2) is 52.3 Å². The molecule has 0 saturated heterocycles. The number of rotatable bonds is 4. The molecule has 4 aromatic rings. The van der Waals surface area contributed by atoms with Gasteiger partial charge >= 0.3 is 0 Å². The van der Waals surface area contributed by atoms with Crippen molar-refractivity contribution in [3.63, 3.8) is 0 Å². The number of fused-ring (bicyclic) bond motifs is 1.